The van der Waals surface area contributed by atoms with Crippen LogP contribution in [0.1, 0.15) is 30.5 Å². The normalized spacial score (nSPS) is 21.9. The van der Waals surface area contributed by atoms with Crippen LogP contribution in [0.2, 0.25) is 0 Å². The number of nitrogens with zero attached hydrogens (tertiary/aromatic N) is 1. The molecule has 1 aromatic rings. The zero-order chi connectivity index (χ0) is 14.5. The zero-order valence-corrected chi connectivity index (χ0v) is 12.2. The number of halogens is 1. The van der Waals surface area contributed by atoms with Crippen molar-refractivity contribution >= 4 is 0 Å². The zero-order valence-electron chi connectivity index (χ0n) is 12.2. The minimum Gasteiger partial charge on any atom is -0.374 e. The van der Waals surface area contributed by atoms with Crippen LogP contribution in [-0.4, -0.2) is 37.2 Å². The summed E-state index contributed by atoms with van der Waals surface area (Å²) in [5.74, 6) is 5.47. The Morgan fingerprint density at radius 2 is 2.35 bits per heavy atom. The minimum atomic E-state index is -0.205. The number of hydrogen-bond donors (Lipinski definition) is 2. The van der Waals surface area contributed by atoms with Crippen LogP contribution in [0.4, 0.5) is 4.39 Å². The summed E-state index contributed by atoms with van der Waals surface area (Å²) in [5, 5.41) is 0. The molecule has 5 heteroatoms. The van der Waals surface area contributed by atoms with E-state index in [1.807, 2.05) is 6.07 Å². The summed E-state index contributed by atoms with van der Waals surface area (Å²) in [5.41, 5.74) is 4.25. The van der Waals surface area contributed by atoms with Gasteiger partial charge in [-0.3, -0.25) is 16.2 Å². The van der Waals surface area contributed by atoms with Crippen LogP contribution in [0.5, 0.6) is 0 Å². The van der Waals surface area contributed by atoms with Gasteiger partial charge in [-0.25, -0.2) is 4.39 Å². The third kappa shape index (κ3) is 3.55. The summed E-state index contributed by atoms with van der Waals surface area (Å²) in [6, 6.07) is 5.04. The molecule has 3 N–H and O–H groups in total. The fraction of sp³-hybridized carbons (Fsp3) is 0.600. The van der Waals surface area contributed by atoms with Gasteiger partial charge in [-0.1, -0.05) is 19.1 Å². The van der Waals surface area contributed by atoms with Gasteiger partial charge in [0.15, 0.2) is 0 Å². The number of aryl methyl sites for hydroxylation is 1. The summed E-state index contributed by atoms with van der Waals surface area (Å²) in [6.07, 6.45) is 1.06. The van der Waals surface area contributed by atoms with Crippen molar-refractivity contribution in [1.29, 1.82) is 0 Å². The SMILES string of the molecule is CCCN1CCOC(C(NN)c2ccc(C)c(F)c2)C1. The van der Waals surface area contributed by atoms with Crippen molar-refractivity contribution in [2.24, 2.45) is 5.84 Å². The molecule has 1 saturated heterocycles. The summed E-state index contributed by atoms with van der Waals surface area (Å²) in [4.78, 5) is 2.36. The van der Waals surface area contributed by atoms with Gasteiger partial charge in [0.25, 0.3) is 0 Å². The molecule has 0 spiro atoms. The summed E-state index contributed by atoms with van der Waals surface area (Å²) < 4.78 is 19.5. The second-order valence-corrected chi connectivity index (χ2v) is 5.36. The van der Waals surface area contributed by atoms with Gasteiger partial charge in [0, 0.05) is 13.1 Å². The third-order valence-corrected chi connectivity index (χ3v) is 3.82. The lowest BCUT2D eigenvalue weighted by molar-refractivity contribution is -0.0471. The molecular weight excluding hydrogens is 257 g/mol. The average molecular weight is 281 g/mol. The lowest BCUT2D eigenvalue weighted by Crippen LogP contribution is -2.49. The second-order valence-electron chi connectivity index (χ2n) is 5.36. The van der Waals surface area contributed by atoms with Crippen LogP contribution in [0.3, 0.4) is 0 Å². The number of nitrogens with one attached hydrogen (secondary N) is 1. The van der Waals surface area contributed by atoms with Crippen molar-refractivity contribution in [3.63, 3.8) is 0 Å². The van der Waals surface area contributed by atoms with Crippen LogP contribution >= 0.6 is 0 Å². The van der Waals surface area contributed by atoms with Gasteiger partial charge in [0.1, 0.15) is 5.82 Å². The van der Waals surface area contributed by atoms with Crippen molar-refractivity contribution in [3.05, 3.63) is 35.1 Å². The first kappa shape index (κ1) is 15.4. The molecule has 0 amide bonds. The van der Waals surface area contributed by atoms with Crippen molar-refractivity contribution < 1.29 is 9.13 Å². The highest BCUT2D eigenvalue weighted by molar-refractivity contribution is 5.26. The molecule has 4 nitrogen and oxygen atoms in total. The molecule has 1 heterocycles. The Morgan fingerprint density at radius 1 is 1.55 bits per heavy atom. The van der Waals surface area contributed by atoms with Gasteiger partial charge in [-0.05, 0) is 37.1 Å². The van der Waals surface area contributed by atoms with E-state index in [0.717, 1.165) is 31.6 Å². The van der Waals surface area contributed by atoms with E-state index in [1.54, 1.807) is 19.1 Å². The first-order valence-corrected chi connectivity index (χ1v) is 7.21. The fourth-order valence-electron chi connectivity index (χ4n) is 2.67. The molecule has 2 atom stereocenters. The second kappa shape index (κ2) is 7.13. The molecule has 0 bridgehead atoms. The van der Waals surface area contributed by atoms with Crippen molar-refractivity contribution in [1.82, 2.24) is 10.3 Å². The predicted octanol–water partition coefficient (Wildman–Crippen LogP) is 1.75. The maximum Gasteiger partial charge on any atom is 0.126 e. The summed E-state index contributed by atoms with van der Waals surface area (Å²) >= 11 is 0. The molecule has 0 radical (unpaired) electrons. The van der Waals surface area contributed by atoms with Crippen molar-refractivity contribution in [2.45, 2.75) is 32.4 Å². The largest absolute Gasteiger partial charge is 0.374 e. The first-order chi connectivity index (χ1) is 9.65. The molecule has 0 saturated carbocycles. The van der Waals surface area contributed by atoms with Crippen LogP contribution in [-0.2, 0) is 4.74 Å². The highest BCUT2D eigenvalue weighted by Gasteiger charge is 2.28. The van der Waals surface area contributed by atoms with E-state index in [4.69, 9.17) is 10.6 Å². The van der Waals surface area contributed by atoms with Gasteiger partial charge in [-0.15, -0.1) is 0 Å². The number of nitrogens with two attached hydrogens (primary N) is 1. The maximum absolute atomic E-state index is 13.7. The molecule has 20 heavy (non-hydrogen) atoms. The predicted molar refractivity (Wildman–Crippen MR) is 77.7 cm³/mol. The number of hydrazine groups is 1. The van der Waals surface area contributed by atoms with E-state index in [2.05, 4.69) is 17.2 Å². The topological polar surface area (TPSA) is 50.5 Å². The Bertz CT molecular complexity index is 439. The molecule has 2 rings (SSSR count). The molecule has 0 aromatic heterocycles. The summed E-state index contributed by atoms with van der Waals surface area (Å²) in [6.45, 7) is 7.43. The number of benzene rings is 1. The Balaban J connectivity index is 2.12. The molecule has 2 unspecified atom stereocenters. The molecule has 1 aliphatic rings. The molecule has 1 fully saturated rings. The van der Waals surface area contributed by atoms with Crippen LogP contribution < -0.4 is 11.3 Å². The lowest BCUT2D eigenvalue weighted by Gasteiger charge is -2.36. The number of rotatable bonds is 5. The Morgan fingerprint density at radius 3 is 3.00 bits per heavy atom. The minimum absolute atomic E-state index is 0.0533. The van der Waals surface area contributed by atoms with Gasteiger partial charge in [0.2, 0.25) is 0 Å². The third-order valence-electron chi connectivity index (χ3n) is 3.82. The monoisotopic (exact) mass is 281 g/mol. The van der Waals surface area contributed by atoms with E-state index in [1.165, 1.54) is 0 Å². The van der Waals surface area contributed by atoms with E-state index >= 15 is 0 Å². The van der Waals surface area contributed by atoms with E-state index in [9.17, 15) is 4.39 Å². The van der Waals surface area contributed by atoms with Crippen molar-refractivity contribution in [3.8, 4) is 0 Å². The van der Waals surface area contributed by atoms with Gasteiger partial charge < -0.3 is 4.74 Å². The maximum atomic E-state index is 13.7. The van der Waals surface area contributed by atoms with Gasteiger partial charge in [0.05, 0.1) is 18.8 Å². The Labute approximate surface area is 120 Å². The summed E-state index contributed by atoms with van der Waals surface area (Å²) in [7, 11) is 0. The van der Waals surface area contributed by atoms with E-state index in [0.29, 0.717) is 12.2 Å². The number of ether oxygens (including phenoxy) is 1. The Kier molecular flexibility index (Phi) is 5.48. The quantitative estimate of drug-likeness (QED) is 0.638. The number of hydrogen-bond acceptors (Lipinski definition) is 4. The van der Waals surface area contributed by atoms with Gasteiger partial charge >= 0.3 is 0 Å². The lowest BCUT2D eigenvalue weighted by atomic mass is 9.99. The molecule has 1 aromatic carbocycles. The smallest absolute Gasteiger partial charge is 0.126 e. The molecule has 0 aliphatic carbocycles. The average Bonchev–Trinajstić information content (AvgIpc) is 2.44. The van der Waals surface area contributed by atoms with Crippen LogP contribution in [0, 0.1) is 12.7 Å². The van der Waals surface area contributed by atoms with E-state index in [-0.39, 0.29) is 18.0 Å². The van der Waals surface area contributed by atoms with Crippen LogP contribution in [0.15, 0.2) is 18.2 Å². The first-order valence-electron chi connectivity index (χ1n) is 7.21. The molecular formula is C15H24FN3O. The molecule has 1 aliphatic heterocycles. The highest BCUT2D eigenvalue weighted by atomic mass is 19.1. The van der Waals surface area contributed by atoms with Crippen molar-refractivity contribution in [2.75, 3.05) is 26.2 Å². The van der Waals surface area contributed by atoms with Crippen LogP contribution in [0.25, 0.3) is 0 Å². The fourth-order valence-corrected chi connectivity index (χ4v) is 2.67. The highest BCUT2D eigenvalue weighted by Crippen LogP contribution is 2.23. The van der Waals surface area contributed by atoms with Gasteiger partial charge in [-0.2, -0.15) is 0 Å². The molecule has 112 valence electrons. The van der Waals surface area contributed by atoms with E-state index < -0.39 is 0 Å². The standard InChI is InChI=1S/C15H24FN3O/c1-3-6-19-7-8-20-14(10-19)15(18-17)12-5-4-11(2)13(16)9-12/h4-5,9,14-15,18H,3,6-8,10,17H2,1-2H3. The number of morpholine rings is 1. The Hall–Kier alpha value is -1.01.